The third-order valence-corrected chi connectivity index (χ3v) is 3.43. The standard InChI is InChI=1S/C13H19F3N4/c1-2-7-20-8-5-10(6-9-20)17-12-4-3-11(18-19-12)13(14,15)16/h3-4,10H,2,5-9H2,1H3,(H,17,19). The molecular weight excluding hydrogens is 269 g/mol. The Hall–Kier alpha value is -1.37. The van der Waals surface area contributed by atoms with E-state index in [1.165, 1.54) is 6.07 Å². The van der Waals surface area contributed by atoms with Gasteiger partial charge in [0.1, 0.15) is 5.82 Å². The van der Waals surface area contributed by atoms with E-state index in [1.54, 1.807) is 0 Å². The topological polar surface area (TPSA) is 41.0 Å². The van der Waals surface area contributed by atoms with Crippen molar-refractivity contribution in [2.24, 2.45) is 0 Å². The number of halogens is 3. The van der Waals surface area contributed by atoms with Crippen LogP contribution in [0.4, 0.5) is 19.0 Å². The SMILES string of the molecule is CCCN1CCC(Nc2ccc(C(F)(F)F)nn2)CC1. The van der Waals surface area contributed by atoms with Gasteiger partial charge in [-0.2, -0.15) is 13.2 Å². The molecule has 0 radical (unpaired) electrons. The molecule has 1 fully saturated rings. The lowest BCUT2D eigenvalue weighted by Gasteiger charge is -2.32. The summed E-state index contributed by atoms with van der Waals surface area (Å²) in [4.78, 5) is 2.40. The zero-order valence-electron chi connectivity index (χ0n) is 11.5. The lowest BCUT2D eigenvalue weighted by molar-refractivity contribution is -0.141. The molecule has 1 aliphatic heterocycles. The highest BCUT2D eigenvalue weighted by Gasteiger charge is 2.33. The quantitative estimate of drug-likeness (QED) is 0.925. The summed E-state index contributed by atoms with van der Waals surface area (Å²) in [5, 5.41) is 9.97. The largest absolute Gasteiger partial charge is 0.435 e. The van der Waals surface area contributed by atoms with Crippen LogP contribution in [0, 0.1) is 0 Å². The van der Waals surface area contributed by atoms with Crippen LogP contribution in [0.2, 0.25) is 0 Å². The molecule has 20 heavy (non-hydrogen) atoms. The van der Waals surface area contributed by atoms with E-state index in [0.717, 1.165) is 45.0 Å². The van der Waals surface area contributed by atoms with Gasteiger partial charge in [0, 0.05) is 19.1 Å². The van der Waals surface area contributed by atoms with Gasteiger partial charge in [0.25, 0.3) is 0 Å². The van der Waals surface area contributed by atoms with Crippen LogP contribution in [0.5, 0.6) is 0 Å². The first kappa shape index (κ1) is 15.0. The molecular formula is C13H19F3N4. The number of alkyl halides is 3. The van der Waals surface area contributed by atoms with Gasteiger partial charge in [0.15, 0.2) is 5.69 Å². The van der Waals surface area contributed by atoms with Crippen LogP contribution in [-0.4, -0.2) is 40.8 Å². The van der Waals surface area contributed by atoms with E-state index in [0.29, 0.717) is 5.82 Å². The minimum Gasteiger partial charge on any atom is -0.366 e. The second-order valence-corrected chi connectivity index (χ2v) is 5.06. The molecule has 1 saturated heterocycles. The molecule has 1 aromatic rings. The van der Waals surface area contributed by atoms with Crippen LogP contribution < -0.4 is 5.32 Å². The van der Waals surface area contributed by atoms with Crippen LogP contribution in [0.3, 0.4) is 0 Å². The summed E-state index contributed by atoms with van der Waals surface area (Å²) in [6.07, 6.45) is -1.34. The average molecular weight is 288 g/mol. The molecule has 0 spiro atoms. The molecule has 2 heterocycles. The van der Waals surface area contributed by atoms with Crippen LogP contribution >= 0.6 is 0 Å². The first-order valence-electron chi connectivity index (χ1n) is 6.89. The number of anilines is 1. The zero-order chi connectivity index (χ0) is 14.6. The predicted molar refractivity (Wildman–Crippen MR) is 70.4 cm³/mol. The maximum Gasteiger partial charge on any atom is 0.435 e. The Morgan fingerprint density at radius 2 is 1.95 bits per heavy atom. The van der Waals surface area contributed by atoms with Crippen molar-refractivity contribution in [3.8, 4) is 0 Å². The average Bonchev–Trinajstić information content (AvgIpc) is 2.41. The number of hydrogen-bond donors (Lipinski definition) is 1. The molecule has 0 amide bonds. The number of rotatable bonds is 4. The van der Waals surface area contributed by atoms with Crippen LogP contribution in [-0.2, 0) is 6.18 Å². The Kier molecular flexibility index (Phi) is 4.80. The van der Waals surface area contributed by atoms with Crippen molar-refractivity contribution < 1.29 is 13.2 Å². The second-order valence-electron chi connectivity index (χ2n) is 5.06. The highest BCUT2D eigenvalue weighted by Crippen LogP contribution is 2.27. The summed E-state index contributed by atoms with van der Waals surface area (Å²) >= 11 is 0. The molecule has 112 valence electrons. The molecule has 1 aromatic heterocycles. The highest BCUT2D eigenvalue weighted by molar-refractivity contribution is 5.34. The number of likely N-dealkylation sites (tertiary alicyclic amines) is 1. The zero-order valence-corrected chi connectivity index (χ0v) is 11.5. The number of nitrogens with one attached hydrogen (secondary N) is 1. The Labute approximate surface area is 116 Å². The summed E-state index contributed by atoms with van der Waals surface area (Å²) in [5.74, 6) is 0.409. The van der Waals surface area contributed by atoms with Crippen molar-refractivity contribution >= 4 is 5.82 Å². The summed E-state index contributed by atoms with van der Waals surface area (Å²) in [6, 6.07) is 2.56. The van der Waals surface area contributed by atoms with Crippen molar-refractivity contribution in [3.63, 3.8) is 0 Å². The van der Waals surface area contributed by atoms with Gasteiger partial charge in [0.2, 0.25) is 0 Å². The predicted octanol–water partition coefficient (Wildman–Crippen LogP) is 2.78. The third-order valence-electron chi connectivity index (χ3n) is 3.43. The molecule has 1 N–H and O–H groups in total. The minimum absolute atomic E-state index is 0.258. The van der Waals surface area contributed by atoms with Crippen LogP contribution in [0.25, 0.3) is 0 Å². The summed E-state index contributed by atoms with van der Waals surface area (Å²) < 4.78 is 37.1. The van der Waals surface area contributed by atoms with Gasteiger partial charge in [-0.05, 0) is 37.9 Å². The Balaban J connectivity index is 1.85. The first-order chi connectivity index (χ1) is 9.49. The normalized spacial score (nSPS) is 18.2. The van der Waals surface area contributed by atoms with E-state index in [4.69, 9.17) is 0 Å². The molecule has 2 rings (SSSR count). The molecule has 7 heteroatoms. The van der Waals surface area contributed by atoms with E-state index < -0.39 is 11.9 Å². The summed E-state index contributed by atoms with van der Waals surface area (Å²) in [5.41, 5.74) is -0.958. The second kappa shape index (κ2) is 6.39. The minimum atomic E-state index is -4.43. The van der Waals surface area contributed by atoms with Gasteiger partial charge in [0.05, 0.1) is 0 Å². The fourth-order valence-corrected chi connectivity index (χ4v) is 2.39. The van der Waals surface area contributed by atoms with Crippen molar-refractivity contribution in [2.75, 3.05) is 25.0 Å². The van der Waals surface area contributed by atoms with Crippen LogP contribution in [0.15, 0.2) is 12.1 Å². The van der Waals surface area contributed by atoms with E-state index >= 15 is 0 Å². The number of nitrogens with zero attached hydrogens (tertiary/aromatic N) is 3. The van der Waals surface area contributed by atoms with E-state index in [2.05, 4.69) is 27.3 Å². The summed E-state index contributed by atoms with van der Waals surface area (Å²) in [7, 11) is 0. The molecule has 0 aromatic carbocycles. The van der Waals surface area contributed by atoms with Crippen molar-refractivity contribution in [2.45, 2.75) is 38.4 Å². The van der Waals surface area contributed by atoms with Gasteiger partial charge < -0.3 is 10.2 Å². The highest BCUT2D eigenvalue weighted by atomic mass is 19.4. The maximum absolute atomic E-state index is 12.4. The molecule has 0 unspecified atom stereocenters. The van der Waals surface area contributed by atoms with E-state index in [-0.39, 0.29) is 6.04 Å². The fourth-order valence-electron chi connectivity index (χ4n) is 2.39. The molecule has 0 saturated carbocycles. The van der Waals surface area contributed by atoms with Gasteiger partial charge in [-0.25, -0.2) is 0 Å². The number of hydrogen-bond acceptors (Lipinski definition) is 4. The number of piperidine rings is 1. The maximum atomic E-state index is 12.4. The Morgan fingerprint density at radius 1 is 1.25 bits per heavy atom. The molecule has 1 aliphatic rings. The lowest BCUT2D eigenvalue weighted by Crippen LogP contribution is -2.39. The monoisotopic (exact) mass is 288 g/mol. The van der Waals surface area contributed by atoms with E-state index in [1.807, 2.05) is 0 Å². The van der Waals surface area contributed by atoms with Gasteiger partial charge >= 0.3 is 6.18 Å². The third kappa shape index (κ3) is 4.06. The number of aromatic nitrogens is 2. The fraction of sp³-hybridized carbons (Fsp3) is 0.692. The van der Waals surface area contributed by atoms with Gasteiger partial charge in [-0.1, -0.05) is 6.92 Å². The smallest absolute Gasteiger partial charge is 0.366 e. The molecule has 0 aliphatic carbocycles. The van der Waals surface area contributed by atoms with Gasteiger partial charge in [-0.15, -0.1) is 10.2 Å². The van der Waals surface area contributed by atoms with Gasteiger partial charge in [-0.3, -0.25) is 0 Å². The summed E-state index contributed by atoms with van der Waals surface area (Å²) in [6.45, 7) is 5.29. The van der Waals surface area contributed by atoms with Crippen molar-refractivity contribution in [1.82, 2.24) is 15.1 Å². The van der Waals surface area contributed by atoms with Crippen LogP contribution in [0.1, 0.15) is 31.9 Å². The Bertz CT molecular complexity index is 411. The van der Waals surface area contributed by atoms with E-state index in [9.17, 15) is 13.2 Å². The first-order valence-corrected chi connectivity index (χ1v) is 6.89. The molecule has 0 atom stereocenters. The molecule has 0 bridgehead atoms. The van der Waals surface area contributed by atoms with Crippen molar-refractivity contribution in [3.05, 3.63) is 17.8 Å². The molecule has 4 nitrogen and oxygen atoms in total. The Morgan fingerprint density at radius 3 is 2.45 bits per heavy atom. The lowest BCUT2D eigenvalue weighted by atomic mass is 10.0. The van der Waals surface area contributed by atoms with Crippen molar-refractivity contribution in [1.29, 1.82) is 0 Å².